The van der Waals surface area contributed by atoms with Crippen LogP contribution in [-0.2, 0) is 0 Å². The lowest BCUT2D eigenvalue weighted by molar-refractivity contribution is 0.0515. The molecule has 4 nitrogen and oxygen atoms in total. The van der Waals surface area contributed by atoms with Crippen molar-refractivity contribution in [3.05, 3.63) is 18.3 Å². The van der Waals surface area contributed by atoms with Gasteiger partial charge in [0.15, 0.2) is 0 Å². The number of pyridine rings is 1. The van der Waals surface area contributed by atoms with Gasteiger partial charge in [-0.3, -0.25) is 0 Å². The molecule has 4 heteroatoms. The number of ether oxygens (including phenoxy) is 1. The van der Waals surface area contributed by atoms with Gasteiger partial charge in [-0.05, 0) is 25.3 Å². The molecule has 0 saturated heterocycles. The Hall–Kier alpha value is -1.29. The fourth-order valence-electron chi connectivity index (χ4n) is 1.88. The van der Waals surface area contributed by atoms with E-state index in [1.165, 1.54) is 0 Å². The maximum absolute atomic E-state index is 10.2. The Kier molecular flexibility index (Phi) is 4.75. The molecule has 2 N–H and O–H groups in total. The van der Waals surface area contributed by atoms with Crippen molar-refractivity contribution in [1.82, 2.24) is 4.98 Å². The first-order valence-electron chi connectivity index (χ1n) is 5.89. The second kappa shape index (κ2) is 5.87. The van der Waals surface area contributed by atoms with Gasteiger partial charge in [0, 0.05) is 24.5 Å². The van der Waals surface area contributed by atoms with Crippen molar-refractivity contribution < 1.29 is 9.84 Å². The number of aromatic nitrogens is 1. The molecule has 0 saturated carbocycles. The van der Waals surface area contributed by atoms with Gasteiger partial charge in [0.05, 0.1) is 12.7 Å². The molecule has 1 rings (SSSR count). The Morgan fingerprint density at radius 3 is 2.82 bits per heavy atom. The fourth-order valence-corrected chi connectivity index (χ4v) is 1.88. The van der Waals surface area contributed by atoms with E-state index in [0.29, 0.717) is 18.3 Å². The SMILES string of the molecule is COc1cc(NCC(C)(O)CC(C)C)ccn1. The van der Waals surface area contributed by atoms with Crippen molar-refractivity contribution >= 4 is 5.69 Å². The van der Waals surface area contributed by atoms with Crippen LogP contribution in [-0.4, -0.2) is 29.3 Å². The van der Waals surface area contributed by atoms with Crippen molar-refractivity contribution in [2.45, 2.75) is 32.8 Å². The van der Waals surface area contributed by atoms with Gasteiger partial charge in [0.1, 0.15) is 0 Å². The monoisotopic (exact) mass is 238 g/mol. The minimum atomic E-state index is -0.704. The van der Waals surface area contributed by atoms with E-state index in [1.807, 2.05) is 19.1 Å². The van der Waals surface area contributed by atoms with Gasteiger partial charge in [0.2, 0.25) is 5.88 Å². The van der Waals surface area contributed by atoms with E-state index >= 15 is 0 Å². The van der Waals surface area contributed by atoms with E-state index in [1.54, 1.807) is 13.3 Å². The van der Waals surface area contributed by atoms with Crippen LogP contribution in [0.15, 0.2) is 18.3 Å². The summed E-state index contributed by atoms with van der Waals surface area (Å²) < 4.78 is 5.04. The highest BCUT2D eigenvalue weighted by Crippen LogP contribution is 2.19. The molecule has 1 aromatic heterocycles. The number of methoxy groups -OCH3 is 1. The lowest BCUT2D eigenvalue weighted by atomic mass is 9.94. The van der Waals surface area contributed by atoms with E-state index in [2.05, 4.69) is 24.1 Å². The first kappa shape index (κ1) is 13.8. The minimum absolute atomic E-state index is 0.471. The second-order valence-electron chi connectivity index (χ2n) is 5.04. The molecule has 0 aliphatic heterocycles. The number of hydrogen-bond donors (Lipinski definition) is 2. The Labute approximate surface area is 103 Å². The summed E-state index contributed by atoms with van der Waals surface area (Å²) in [5.41, 5.74) is 0.200. The third-order valence-electron chi connectivity index (χ3n) is 2.47. The van der Waals surface area contributed by atoms with E-state index in [4.69, 9.17) is 4.74 Å². The molecule has 0 aromatic carbocycles. The lowest BCUT2D eigenvalue weighted by Crippen LogP contribution is -2.34. The zero-order valence-corrected chi connectivity index (χ0v) is 11.0. The number of rotatable bonds is 6. The zero-order valence-electron chi connectivity index (χ0n) is 11.0. The van der Waals surface area contributed by atoms with Crippen molar-refractivity contribution in [1.29, 1.82) is 0 Å². The average molecular weight is 238 g/mol. The molecule has 0 spiro atoms. The van der Waals surface area contributed by atoms with Crippen LogP contribution in [0.25, 0.3) is 0 Å². The van der Waals surface area contributed by atoms with E-state index in [0.717, 1.165) is 12.1 Å². The van der Waals surface area contributed by atoms with Gasteiger partial charge in [-0.1, -0.05) is 13.8 Å². The molecule has 0 amide bonds. The number of aliphatic hydroxyl groups is 1. The van der Waals surface area contributed by atoms with E-state index in [-0.39, 0.29) is 0 Å². The highest BCUT2D eigenvalue weighted by atomic mass is 16.5. The highest BCUT2D eigenvalue weighted by molar-refractivity contribution is 5.45. The molecule has 1 unspecified atom stereocenters. The Morgan fingerprint density at radius 1 is 1.53 bits per heavy atom. The first-order chi connectivity index (χ1) is 7.93. The largest absolute Gasteiger partial charge is 0.481 e. The molecule has 0 aliphatic rings. The van der Waals surface area contributed by atoms with E-state index in [9.17, 15) is 5.11 Å². The van der Waals surface area contributed by atoms with Crippen LogP contribution in [0.2, 0.25) is 0 Å². The summed E-state index contributed by atoms with van der Waals surface area (Å²) in [4.78, 5) is 4.03. The standard InChI is InChI=1S/C13H22N2O2/c1-10(2)8-13(3,16)9-15-11-5-6-14-12(7-11)17-4/h5-7,10,16H,8-9H2,1-4H3,(H,14,15). The topological polar surface area (TPSA) is 54.4 Å². The third kappa shape index (κ3) is 5.04. The van der Waals surface area contributed by atoms with Crippen LogP contribution in [0.1, 0.15) is 27.2 Å². The van der Waals surface area contributed by atoms with Crippen LogP contribution < -0.4 is 10.1 Å². The van der Waals surface area contributed by atoms with Crippen LogP contribution in [0.4, 0.5) is 5.69 Å². The summed E-state index contributed by atoms with van der Waals surface area (Å²) in [5, 5.41) is 13.4. The minimum Gasteiger partial charge on any atom is -0.481 e. The Morgan fingerprint density at radius 2 is 2.24 bits per heavy atom. The molecule has 1 heterocycles. The molecule has 1 atom stereocenters. The molecular formula is C13H22N2O2. The van der Waals surface area contributed by atoms with Gasteiger partial charge in [-0.25, -0.2) is 4.98 Å². The van der Waals surface area contributed by atoms with E-state index < -0.39 is 5.60 Å². The third-order valence-corrected chi connectivity index (χ3v) is 2.47. The number of anilines is 1. The highest BCUT2D eigenvalue weighted by Gasteiger charge is 2.21. The fraction of sp³-hybridized carbons (Fsp3) is 0.615. The van der Waals surface area contributed by atoms with Gasteiger partial charge >= 0.3 is 0 Å². The normalized spacial score (nSPS) is 14.5. The number of hydrogen-bond acceptors (Lipinski definition) is 4. The first-order valence-corrected chi connectivity index (χ1v) is 5.89. The molecule has 0 fully saturated rings. The van der Waals surface area contributed by atoms with Crippen molar-refractivity contribution in [2.75, 3.05) is 19.0 Å². The Bertz CT molecular complexity index is 351. The lowest BCUT2D eigenvalue weighted by Gasteiger charge is -2.26. The number of nitrogens with zero attached hydrogens (tertiary/aromatic N) is 1. The van der Waals surface area contributed by atoms with Crippen LogP contribution in [0.5, 0.6) is 5.88 Å². The quantitative estimate of drug-likeness (QED) is 0.798. The predicted octanol–water partition coefficient (Wildman–Crippen LogP) is 2.30. The molecule has 0 bridgehead atoms. The summed E-state index contributed by atoms with van der Waals surface area (Å²) in [6.45, 7) is 6.56. The van der Waals surface area contributed by atoms with Gasteiger partial charge in [-0.15, -0.1) is 0 Å². The van der Waals surface area contributed by atoms with Gasteiger partial charge in [-0.2, -0.15) is 0 Å². The number of nitrogens with one attached hydrogen (secondary N) is 1. The Balaban J connectivity index is 2.54. The second-order valence-corrected chi connectivity index (χ2v) is 5.04. The van der Waals surface area contributed by atoms with Crippen LogP contribution >= 0.6 is 0 Å². The maximum Gasteiger partial charge on any atom is 0.214 e. The van der Waals surface area contributed by atoms with Gasteiger partial charge < -0.3 is 15.2 Å². The molecule has 17 heavy (non-hydrogen) atoms. The average Bonchev–Trinajstić information content (AvgIpc) is 2.25. The smallest absolute Gasteiger partial charge is 0.214 e. The summed E-state index contributed by atoms with van der Waals surface area (Å²) >= 11 is 0. The molecule has 1 aromatic rings. The van der Waals surface area contributed by atoms with Crippen LogP contribution in [0, 0.1) is 5.92 Å². The zero-order chi connectivity index (χ0) is 12.9. The molecular weight excluding hydrogens is 216 g/mol. The summed E-state index contributed by atoms with van der Waals surface area (Å²) in [7, 11) is 1.58. The summed E-state index contributed by atoms with van der Waals surface area (Å²) in [6, 6.07) is 3.67. The molecule has 96 valence electrons. The van der Waals surface area contributed by atoms with Crippen molar-refractivity contribution in [3.8, 4) is 5.88 Å². The van der Waals surface area contributed by atoms with Gasteiger partial charge in [0.25, 0.3) is 0 Å². The summed E-state index contributed by atoms with van der Waals surface area (Å²) in [6.07, 6.45) is 2.44. The van der Waals surface area contributed by atoms with Crippen molar-refractivity contribution in [2.24, 2.45) is 5.92 Å². The molecule has 0 aliphatic carbocycles. The van der Waals surface area contributed by atoms with Crippen LogP contribution in [0.3, 0.4) is 0 Å². The maximum atomic E-state index is 10.2. The predicted molar refractivity (Wildman–Crippen MR) is 69.4 cm³/mol. The van der Waals surface area contributed by atoms with Crippen molar-refractivity contribution in [3.63, 3.8) is 0 Å². The molecule has 0 radical (unpaired) electrons. The summed E-state index contributed by atoms with van der Waals surface area (Å²) in [5.74, 6) is 1.04.